The number of ketones is 3. The van der Waals surface area contributed by atoms with Crippen LogP contribution in [0.3, 0.4) is 0 Å². The zero-order valence-corrected chi connectivity index (χ0v) is 23.6. The number of phenolic OH excluding ortho intramolecular Hbond substituents is 2. The Morgan fingerprint density at radius 1 is 1.10 bits per heavy atom. The molecule has 2 aliphatic carbocycles. The van der Waals surface area contributed by atoms with Crippen molar-refractivity contribution in [2.24, 2.45) is 0 Å². The summed E-state index contributed by atoms with van der Waals surface area (Å²) in [5.41, 5.74) is -2.65. The van der Waals surface area contributed by atoms with Gasteiger partial charge in [-0.3, -0.25) is 19.3 Å². The molecule has 42 heavy (non-hydrogen) atoms. The van der Waals surface area contributed by atoms with Crippen molar-refractivity contribution in [2.45, 2.75) is 88.4 Å². The van der Waals surface area contributed by atoms with Gasteiger partial charge in [-0.15, -0.1) is 0 Å². The van der Waals surface area contributed by atoms with E-state index >= 15 is 0 Å². The molecule has 3 aliphatic heterocycles. The van der Waals surface area contributed by atoms with Crippen molar-refractivity contribution in [3.63, 3.8) is 0 Å². The monoisotopic (exact) mass is 579 g/mol. The van der Waals surface area contributed by atoms with Gasteiger partial charge in [0.1, 0.15) is 35.2 Å². The number of Topliss-reactive ketones (excluding diaryl/α,β-unsaturated/α-hetero) is 1. The molecule has 7 rings (SSSR count). The number of hydrogen-bond donors (Lipinski definition) is 3. The number of phenols is 2. The highest BCUT2D eigenvalue weighted by Crippen LogP contribution is 2.53. The lowest BCUT2D eigenvalue weighted by Gasteiger charge is -2.42. The van der Waals surface area contributed by atoms with Crippen LogP contribution < -0.4 is 4.74 Å². The van der Waals surface area contributed by atoms with Crippen LogP contribution in [0.2, 0.25) is 0 Å². The Kier molecular flexibility index (Phi) is 6.27. The molecule has 7 atom stereocenters. The van der Waals surface area contributed by atoms with E-state index in [-0.39, 0.29) is 76.4 Å². The summed E-state index contributed by atoms with van der Waals surface area (Å²) in [6, 6.07) is 4.59. The second-order valence-electron chi connectivity index (χ2n) is 12.0. The normalized spacial score (nSPS) is 33.4. The Morgan fingerprint density at radius 3 is 2.60 bits per heavy atom. The fourth-order valence-electron chi connectivity index (χ4n) is 7.58. The lowest BCUT2D eigenvalue weighted by molar-refractivity contribution is -0.247. The van der Waals surface area contributed by atoms with E-state index < -0.39 is 46.8 Å². The molecule has 3 fully saturated rings. The summed E-state index contributed by atoms with van der Waals surface area (Å²) in [4.78, 5) is 42.4. The van der Waals surface area contributed by atoms with Gasteiger partial charge in [0.25, 0.3) is 0 Å². The van der Waals surface area contributed by atoms with E-state index in [9.17, 15) is 29.7 Å². The van der Waals surface area contributed by atoms with E-state index in [2.05, 4.69) is 4.90 Å². The zero-order chi connectivity index (χ0) is 29.7. The number of nitrogens with zero attached hydrogens (tertiary/aromatic N) is 1. The quantitative estimate of drug-likeness (QED) is 0.391. The summed E-state index contributed by atoms with van der Waals surface area (Å²) in [7, 11) is 1.37. The van der Waals surface area contributed by atoms with Crippen molar-refractivity contribution < 1.29 is 48.7 Å². The highest BCUT2D eigenvalue weighted by Gasteiger charge is 2.53. The lowest BCUT2D eigenvalue weighted by Crippen LogP contribution is -2.51. The fraction of sp³-hybridized carbons (Fsp3) is 0.516. The molecule has 0 spiro atoms. The lowest BCUT2D eigenvalue weighted by atomic mass is 9.72. The Labute approximate surface area is 241 Å². The molecular formula is C31H33NO10. The Balaban J connectivity index is 1.32. The summed E-state index contributed by atoms with van der Waals surface area (Å²) < 4.78 is 24.2. The van der Waals surface area contributed by atoms with Crippen LogP contribution >= 0.6 is 0 Å². The molecule has 2 aromatic rings. The third-order valence-electron chi connectivity index (χ3n) is 9.67. The molecule has 2 aromatic carbocycles. The molecule has 0 aromatic heterocycles. The number of carbonyl (C=O) groups excluding carboxylic acids is 3. The zero-order valence-electron chi connectivity index (χ0n) is 23.6. The average molecular weight is 580 g/mol. The maximum Gasteiger partial charge on any atom is 0.202 e. The van der Waals surface area contributed by atoms with Crippen molar-refractivity contribution >= 4 is 17.3 Å². The maximum absolute atomic E-state index is 13.8. The van der Waals surface area contributed by atoms with Gasteiger partial charge in [-0.1, -0.05) is 12.1 Å². The number of methoxy groups -OCH3 is 1. The van der Waals surface area contributed by atoms with E-state index in [0.29, 0.717) is 6.42 Å². The van der Waals surface area contributed by atoms with Crippen LogP contribution in [0, 0.1) is 0 Å². The molecular weight excluding hydrogens is 546 g/mol. The number of hydrogen-bond acceptors (Lipinski definition) is 11. The average Bonchev–Trinajstić information content (AvgIpc) is 3.55. The molecule has 0 radical (unpaired) electrons. The Hall–Kier alpha value is -3.35. The van der Waals surface area contributed by atoms with Crippen LogP contribution in [-0.4, -0.2) is 87.6 Å². The molecule has 3 heterocycles. The molecule has 0 amide bonds. The van der Waals surface area contributed by atoms with E-state index in [1.807, 2.05) is 6.92 Å². The van der Waals surface area contributed by atoms with E-state index in [0.717, 1.165) is 19.4 Å². The predicted molar refractivity (Wildman–Crippen MR) is 145 cm³/mol. The summed E-state index contributed by atoms with van der Waals surface area (Å²) in [6.45, 7) is 4.05. The van der Waals surface area contributed by atoms with Crippen LogP contribution in [0.15, 0.2) is 18.2 Å². The van der Waals surface area contributed by atoms with Gasteiger partial charge in [0, 0.05) is 48.5 Å². The number of carbonyl (C=O) groups is 3. The van der Waals surface area contributed by atoms with E-state index in [1.165, 1.54) is 26.2 Å². The van der Waals surface area contributed by atoms with Crippen molar-refractivity contribution in [1.82, 2.24) is 4.90 Å². The first kappa shape index (κ1) is 27.5. The number of aromatic hydroxyl groups is 2. The summed E-state index contributed by atoms with van der Waals surface area (Å²) >= 11 is 0. The summed E-state index contributed by atoms with van der Waals surface area (Å²) in [5.74, 6) is -2.87. The van der Waals surface area contributed by atoms with Gasteiger partial charge < -0.3 is 34.3 Å². The van der Waals surface area contributed by atoms with Gasteiger partial charge in [-0.05, 0) is 32.8 Å². The molecule has 3 saturated heterocycles. The summed E-state index contributed by atoms with van der Waals surface area (Å²) in [5, 5.41) is 34.6. The molecule has 5 aliphatic rings. The molecule has 11 nitrogen and oxygen atoms in total. The van der Waals surface area contributed by atoms with Crippen LogP contribution in [0.1, 0.15) is 88.6 Å². The highest BCUT2D eigenvalue weighted by molar-refractivity contribution is 6.31. The summed E-state index contributed by atoms with van der Waals surface area (Å²) in [6.07, 6.45) is -0.469. The topological polar surface area (TPSA) is 152 Å². The molecule has 3 N–H and O–H groups in total. The van der Waals surface area contributed by atoms with Crippen LogP contribution in [0.5, 0.6) is 17.2 Å². The predicted octanol–water partition coefficient (Wildman–Crippen LogP) is 2.53. The third-order valence-corrected chi connectivity index (χ3v) is 9.67. The first-order chi connectivity index (χ1) is 20.0. The smallest absolute Gasteiger partial charge is 0.202 e. The molecule has 0 unspecified atom stereocenters. The number of ether oxygens (including phenoxy) is 4. The minimum atomic E-state index is -1.95. The number of fused-ring (bicyclic) bond motifs is 6. The van der Waals surface area contributed by atoms with Crippen LogP contribution in [0.4, 0.5) is 0 Å². The van der Waals surface area contributed by atoms with Crippen LogP contribution in [-0.2, 0) is 25.4 Å². The fourth-order valence-corrected chi connectivity index (χ4v) is 7.58. The minimum absolute atomic E-state index is 0.0155. The number of rotatable bonds is 4. The standard InChI is InChI=1S/C31H33NO10/c1-13-30-17(32-9-5-8-20(32)42-30)10-21(40-13)41-19-12-31(38,14(2)33)11-16-23(19)29(37)25-24(27(16)35)26(34)15-6-4-7-18(39-3)22(15)28(25)36/h4,6-7,13,17,19-21,30,35,37-38H,5,8-12H2,1-3H3/t13-,17-,19-,20-,21-,30+,31-/m0/s1. The molecule has 222 valence electrons. The van der Waals surface area contributed by atoms with Crippen molar-refractivity contribution in [3.05, 3.63) is 51.6 Å². The van der Waals surface area contributed by atoms with Gasteiger partial charge in [0.05, 0.1) is 36.0 Å². The third kappa shape index (κ3) is 3.80. The molecule has 0 saturated carbocycles. The first-order valence-electron chi connectivity index (χ1n) is 14.4. The second kappa shape index (κ2) is 9.58. The van der Waals surface area contributed by atoms with E-state index in [4.69, 9.17) is 18.9 Å². The number of aliphatic hydroxyl groups is 1. The first-order valence-corrected chi connectivity index (χ1v) is 14.4. The highest BCUT2D eigenvalue weighted by atomic mass is 16.7. The van der Waals surface area contributed by atoms with Gasteiger partial charge >= 0.3 is 0 Å². The van der Waals surface area contributed by atoms with E-state index in [1.54, 1.807) is 6.07 Å². The van der Waals surface area contributed by atoms with Gasteiger partial charge in [0.15, 0.2) is 17.9 Å². The molecule has 11 heteroatoms. The second-order valence-corrected chi connectivity index (χ2v) is 12.0. The van der Waals surface area contributed by atoms with Gasteiger partial charge in [0.2, 0.25) is 5.78 Å². The minimum Gasteiger partial charge on any atom is -0.507 e. The largest absolute Gasteiger partial charge is 0.507 e. The van der Waals surface area contributed by atoms with Crippen LogP contribution in [0.25, 0.3) is 0 Å². The van der Waals surface area contributed by atoms with Crippen molar-refractivity contribution in [3.8, 4) is 17.2 Å². The molecule has 0 bridgehead atoms. The number of benzene rings is 2. The Bertz CT molecular complexity index is 1540. The Morgan fingerprint density at radius 2 is 1.86 bits per heavy atom. The van der Waals surface area contributed by atoms with Crippen molar-refractivity contribution in [2.75, 3.05) is 13.7 Å². The van der Waals surface area contributed by atoms with Gasteiger partial charge in [-0.2, -0.15) is 0 Å². The SMILES string of the molecule is COc1cccc2c1C(=O)c1c(O)c3c(c(O)c1C2=O)C[C@@](O)(C(C)=O)C[C@@H]3O[C@H]1C[C@H]2[C@H](O[C@H]3CCCN32)[C@H](C)O1. The maximum atomic E-state index is 13.8. The van der Waals surface area contributed by atoms with Crippen molar-refractivity contribution in [1.29, 1.82) is 0 Å². The van der Waals surface area contributed by atoms with Gasteiger partial charge in [-0.25, -0.2) is 0 Å².